The van der Waals surface area contributed by atoms with Gasteiger partial charge < -0.3 is 10.1 Å². The van der Waals surface area contributed by atoms with Crippen LogP contribution >= 0.6 is 11.6 Å². The molecule has 0 aromatic carbocycles. The van der Waals surface area contributed by atoms with Crippen LogP contribution < -0.4 is 16.0 Å². The maximum atomic E-state index is 12.4. The van der Waals surface area contributed by atoms with Crippen LogP contribution in [0.3, 0.4) is 0 Å². The van der Waals surface area contributed by atoms with Crippen LogP contribution in [0.5, 0.6) is 0 Å². The molecule has 3 rings (SSSR count). The van der Waals surface area contributed by atoms with E-state index in [-0.39, 0.29) is 11.2 Å². The monoisotopic (exact) mass is 430 g/mol. The van der Waals surface area contributed by atoms with E-state index in [1.54, 1.807) is 44.4 Å². The highest BCUT2D eigenvalue weighted by atomic mass is 35.5. The fraction of sp³-hybridized carbons (Fsp3) is 0.222. The van der Waals surface area contributed by atoms with E-state index in [9.17, 15) is 9.59 Å². The summed E-state index contributed by atoms with van der Waals surface area (Å²) in [6.45, 7) is 1.69. The second-order valence-corrected chi connectivity index (χ2v) is 6.46. The zero-order chi connectivity index (χ0) is 21.7. The van der Waals surface area contributed by atoms with Gasteiger partial charge in [0.2, 0.25) is 0 Å². The van der Waals surface area contributed by atoms with Gasteiger partial charge in [-0.15, -0.1) is 5.10 Å². The number of nitrogens with one attached hydrogen (secondary N) is 3. The molecule has 0 aliphatic rings. The summed E-state index contributed by atoms with van der Waals surface area (Å²) in [6, 6.07) is 6.34. The zero-order valence-corrected chi connectivity index (χ0v) is 17.1. The van der Waals surface area contributed by atoms with Crippen molar-refractivity contribution in [1.82, 2.24) is 30.3 Å². The smallest absolute Gasteiger partial charge is 0.413 e. The number of carbonyl (C=O) groups excluding carboxylic acids is 2. The first-order chi connectivity index (χ1) is 14.4. The topological polar surface area (TPSA) is 136 Å². The van der Waals surface area contributed by atoms with Gasteiger partial charge in [-0.25, -0.2) is 24.2 Å². The highest BCUT2D eigenvalue weighted by Gasteiger charge is 2.20. The van der Waals surface area contributed by atoms with Crippen molar-refractivity contribution < 1.29 is 14.3 Å². The van der Waals surface area contributed by atoms with Crippen molar-refractivity contribution in [2.45, 2.75) is 13.0 Å². The second kappa shape index (κ2) is 9.18. The predicted octanol–water partition coefficient (Wildman–Crippen LogP) is 2.99. The van der Waals surface area contributed by atoms with Crippen molar-refractivity contribution >= 4 is 35.4 Å². The summed E-state index contributed by atoms with van der Waals surface area (Å²) >= 11 is 6.05. The van der Waals surface area contributed by atoms with Crippen LogP contribution in [0.25, 0.3) is 11.3 Å². The van der Waals surface area contributed by atoms with E-state index < -0.39 is 12.2 Å². The van der Waals surface area contributed by atoms with E-state index in [0.29, 0.717) is 28.5 Å². The van der Waals surface area contributed by atoms with Gasteiger partial charge in [-0.2, -0.15) is 0 Å². The molecule has 3 amide bonds. The Morgan fingerprint density at radius 2 is 2.00 bits per heavy atom. The average Bonchev–Trinajstić information content (AvgIpc) is 3.08. The first-order valence-corrected chi connectivity index (χ1v) is 9.19. The molecular weight excluding hydrogens is 412 g/mol. The molecule has 12 heteroatoms. The van der Waals surface area contributed by atoms with Crippen molar-refractivity contribution in [2.24, 2.45) is 7.05 Å². The van der Waals surface area contributed by atoms with Crippen LogP contribution in [-0.2, 0) is 11.8 Å². The summed E-state index contributed by atoms with van der Waals surface area (Å²) in [5.41, 5.74) is 1.56. The van der Waals surface area contributed by atoms with Crippen LogP contribution in [0.4, 0.5) is 21.2 Å². The van der Waals surface area contributed by atoms with Gasteiger partial charge in [-0.05, 0) is 25.1 Å². The Morgan fingerprint density at radius 3 is 2.67 bits per heavy atom. The molecule has 3 aromatic rings. The molecule has 3 N–H and O–H groups in total. The average molecular weight is 431 g/mol. The molecule has 0 spiro atoms. The quantitative estimate of drug-likeness (QED) is 0.529. The number of hydrogen-bond donors (Lipinski definition) is 3. The van der Waals surface area contributed by atoms with Gasteiger partial charge in [-0.1, -0.05) is 22.9 Å². The molecule has 3 heterocycles. The fourth-order valence-corrected chi connectivity index (χ4v) is 2.80. The Balaban J connectivity index is 1.73. The van der Waals surface area contributed by atoms with Crippen LogP contribution in [0.2, 0.25) is 5.15 Å². The minimum absolute atomic E-state index is 0.261. The van der Waals surface area contributed by atoms with E-state index >= 15 is 0 Å². The second-order valence-electron chi connectivity index (χ2n) is 6.10. The number of hydrogen-bond acceptors (Lipinski definition) is 7. The van der Waals surface area contributed by atoms with Crippen molar-refractivity contribution in [2.75, 3.05) is 17.7 Å². The van der Waals surface area contributed by atoms with E-state index in [1.165, 1.54) is 17.9 Å². The molecule has 0 bridgehead atoms. The number of pyridine rings is 2. The number of halogens is 1. The van der Waals surface area contributed by atoms with Gasteiger partial charge in [0.15, 0.2) is 5.82 Å². The van der Waals surface area contributed by atoms with E-state index in [2.05, 4.69) is 36.2 Å². The van der Waals surface area contributed by atoms with Gasteiger partial charge in [-0.3, -0.25) is 10.6 Å². The number of carbonyl (C=O) groups is 2. The number of rotatable bonds is 5. The summed E-state index contributed by atoms with van der Waals surface area (Å²) in [6.07, 6.45) is 1.73. The third-order valence-electron chi connectivity index (χ3n) is 4.06. The molecule has 0 radical (unpaired) electrons. The van der Waals surface area contributed by atoms with Gasteiger partial charge in [0.05, 0.1) is 0 Å². The predicted molar refractivity (Wildman–Crippen MR) is 110 cm³/mol. The van der Waals surface area contributed by atoms with Crippen LogP contribution in [0.15, 0.2) is 36.7 Å². The van der Waals surface area contributed by atoms with Crippen molar-refractivity contribution in [3.05, 3.63) is 47.4 Å². The Hall–Kier alpha value is -3.73. The third-order valence-corrected chi connectivity index (χ3v) is 4.38. The molecule has 0 saturated carbocycles. The van der Waals surface area contributed by atoms with Crippen LogP contribution in [0, 0.1) is 0 Å². The Morgan fingerprint density at radius 1 is 1.20 bits per heavy atom. The lowest BCUT2D eigenvalue weighted by Crippen LogP contribution is -2.24. The summed E-state index contributed by atoms with van der Waals surface area (Å²) in [7, 11) is 3.13. The molecule has 0 aliphatic carbocycles. The lowest BCUT2D eigenvalue weighted by molar-refractivity contribution is 0.121. The van der Waals surface area contributed by atoms with Crippen molar-refractivity contribution in [1.29, 1.82) is 0 Å². The SMILES string of the molecule is CNC(=O)Nc1ccc(-c2nnn(C)c2NC(=O)O[C@H](C)c2cccnc2Cl)cn1. The van der Waals surface area contributed by atoms with E-state index in [1.807, 2.05) is 0 Å². The first-order valence-electron chi connectivity index (χ1n) is 8.82. The number of ether oxygens (including phenoxy) is 1. The lowest BCUT2D eigenvalue weighted by atomic mass is 10.2. The number of amides is 3. The van der Waals surface area contributed by atoms with Crippen molar-refractivity contribution in [3.63, 3.8) is 0 Å². The van der Waals surface area contributed by atoms with Crippen LogP contribution in [0.1, 0.15) is 18.6 Å². The Labute approximate surface area is 176 Å². The molecular formula is C18H19ClN8O3. The standard InChI is InChI=1S/C18H19ClN8O3/c1-10(12-5-4-8-21-15(12)19)30-18(29)24-16-14(25-26-27(16)3)11-6-7-13(22-9-11)23-17(28)20-2/h4-10H,1-3H3,(H,24,29)(H2,20,22,23,28)/t10-/m1/s1. The highest BCUT2D eigenvalue weighted by Crippen LogP contribution is 2.27. The summed E-state index contributed by atoms with van der Waals surface area (Å²) in [5.74, 6) is 0.677. The minimum atomic E-state index is -0.708. The molecule has 3 aromatic heterocycles. The number of aromatic nitrogens is 5. The molecule has 156 valence electrons. The third kappa shape index (κ3) is 4.81. The number of nitrogens with zero attached hydrogens (tertiary/aromatic N) is 5. The Bertz CT molecular complexity index is 1050. The molecule has 11 nitrogen and oxygen atoms in total. The number of anilines is 2. The molecule has 0 saturated heterocycles. The molecule has 30 heavy (non-hydrogen) atoms. The highest BCUT2D eigenvalue weighted by molar-refractivity contribution is 6.30. The van der Waals surface area contributed by atoms with Crippen LogP contribution in [-0.4, -0.2) is 44.1 Å². The van der Waals surface area contributed by atoms with Gasteiger partial charge in [0.25, 0.3) is 0 Å². The zero-order valence-electron chi connectivity index (χ0n) is 16.4. The number of aryl methyl sites for hydroxylation is 1. The summed E-state index contributed by atoms with van der Waals surface area (Å²) < 4.78 is 6.80. The molecule has 0 unspecified atom stereocenters. The Kier molecular flexibility index (Phi) is 6.42. The van der Waals surface area contributed by atoms with Gasteiger partial charge >= 0.3 is 12.1 Å². The lowest BCUT2D eigenvalue weighted by Gasteiger charge is -2.15. The van der Waals surface area contributed by atoms with Gasteiger partial charge in [0.1, 0.15) is 22.8 Å². The minimum Gasteiger partial charge on any atom is -0.441 e. The molecule has 0 aliphatic heterocycles. The van der Waals surface area contributed by atoms with E-state index in [0.717, 1.165) is 0 Å². The largest absolute Gasteiger partial charge is 0.441 e. The molecule has 1 atom stereocenters. The fourth-order valence-electron chi connectivity index (χ4n) is 2.53. The van der Waals surface area contributed by atoms with Gasteiger partial charge in [0, 0.05) is 37.6 Å². The van der Waals surface area contributed by atoms with Crippen molar-refractivity contribution in [3.8, 4) is 11.3 Å². The van der Waals surface area contributed by atoms with E-state index in [4.69, 9.17) is 16.3 Å². The maximum absolute atomic E-state index is 12.4. The normalized spacial score (nSPS) is 11.5. The summed E-state index contributed by atoms with van der Waals surface area (Å²) in [4.78, 5) is 31.9. The first kappa shape index (κ1) is 21.0. The molecule has 0 fully saturated rings. The summed E-state index contributed by atoms with van der Waals surface area (Å²) in [5, 5.41) is 15.9. The maximum Gasteiger partial charge on any atom is 0.413 e. The number of urea groups is 1.